The van der Waals surface area contributed by atoms with Crippen LogP contribution in [0.15, 0.2) is 70.8 Å². The number of benzene rings is 1. The van der Waals surface area contributed by atoms with Crippen molar-refractivity contribution < 1.29 is 13.2 Å². The van der Waals surface area contributed by atoms with E-state index >= 15 is 0 Å². The third-order valence-electron chi connectivity index (χ3n) is 7.36. The molecular formula is C30H34N6O3S3. The topological polar surface area (TPSA) is 104 Å². The lowest BCUT2D eigenvalue weighted by Gasteiger charge is -2.28. The summed E-state index contributed by atoms with van der Waals surface area (Å²) in [4.78, 5) is 20.3. The van der Waals surface area contributed by atoms with Crippen molar-refractivity contribution in [2.24, 2.45) is 0 Å². The second kappa shape index (κ2) is 12.5. The van der Waals surface area contributed by atoms with E-state index < -0.39 is 10.0 Å². The van der Waals surface area contributed by atoms with Gasteiger partial charge in [0.05, 0.1) is 23.1 Å². The molecule has 1 N–H and O–H groups in total. The maximum atomic E-state index is 13.6. The Morgan fingerprint density at radius 1 is 1.10 bits per heavy atom. The lowest BCUT2D eigenvalue weighted by Crippen LogP contribution is -2.36. The maximum absolute atomic E-state index is 13.6. The molecule has 1 unspecified atom stereocenters. The first kappa shape index (κ1) is 28.8. The van der Waals surface area contributed by atoms with Crippen LogP contribution in [0.4, 0.5) is 5.69 Å². The fourth-order valence-electron chi connectivity index (χ4n) is 5.44. The maximum Gasteiger partial charge on any atom is 0.274 e. The van der Waals surface area contributed by atoms with Gasteiger partial charge in [0.25, 0.3) is 10.0 Å². The summed E-state index contributed by atoms with van der Waals surface area (Å²) in [6, 6.07) is 11.0. The van der Waals surface area contributed by atoms with Gasteiger partial charge in [-0.05, 0) is 69.7 Å². The molecule has 9 nitrogen and oxygen atoms in total. The van der Waals surface area contributed by atoms with E-state index in [1.165, 1.54) is 20.5 Å². The van der Waals surface area contributed by atoms with Crippen molar-refractivity contribution in [3.8, 4) is 16.6 Å². The molecule has 5 heterocycles. The fourth-order valence-corrected chi connectivity index (χ4v) is 9.12. The number of para-hydroxylation sites is 1. The molecule has 1 saturated heterocycles. The number of anilines is 1. The molecule has 6 rings (SSSR count). The summed E-state index contributed by atoms with van der Waals surface area (Å²) < 4.78 is 35.2. The zero-order valence-electron chi connectivity index (χ0n) is 23.6. The van der Waals surface area contributed by atoms with Gasteiger partial charge in [-0.25, -0.2) is 18.4 Å². The standard InChI is InChI=1S/C30H34N6O3S3/c1-21(2)36(42(37,38)28-10-6-16-40-28)26-9-5-7-22-17-25(34-29(22)26)30-33-18-24(41-30)20-35-14-4-3-8-23(11-15-35)39-27-19-31-12-13-32-27/h5-7,9-10,12-13,16-19,21,23,34H,3-4,8,11,14-15,20H2,1-2H3. The Morgan fingerprint density at radius 3 is 2.79 bits per heavy atom. The van der Waals surface area contributed by atoms with Crippen LogP contribution in [0.5, 0.6) is 5.88 Å². The molecule has 0 bridgehead atoms. The van der Waals surface area contributed by atoms with Crippen LogP contribution in [0.1, 0.15) is 44.4 Å². The molecule has 12 heteroatoms. The van der Waals surface area contributed by atoms with Crippen LogP contribution >= 0.6 is 22.7 Å². The number of thiazole rings is 1. The summed E-state index contributed by atoms with van der Waals surface area (Å²) in [6.45, 7) is 6.62. The molecule has 1 fully saturated rings. The van der Waals surface area contributed by atoms with E-state index in [1.807, 2.05) is 38.2 Å². The molecule has 5 aromatic rings. The number of likely N-dealkylation sites (tertiary alicyclic amines) is 1. The predicted octanol–water partition coefficient (Wildman–Crippen LogP) is 6.57. The van der Waals surface area contributed by atoms with Crippen LogP contribution < -0.4 is 9.04 Å². The highest BCUT2D eigenvalue weighted by Gasteiger charge is 2.30. The number of aromatic nitrogens is 4. The number of hydrogen-bond donors (Lipinski definition) is 1. The van der Waals surface area contributed by atoms with E-state index in [9.17, 15) is 8.42 Å². The molecule has 0 radical (unpaired) electrons. The first-order valence-corrected chi connectivity index (χ1v) is 17.3. The molecular weight excluding hydrogens is 589 g/mol. The van der Waals surface area contributed by atoms with Crippen LogP contribution in [-0.4, -0.2) is 58.5 Å². The first-order valence-electron chi connectivity index (χ1n) is 14.2. The van der Waals surface area contributed by atoms with Crippen molar-refractivity contribution in [2.45, 2.75) is 62.4 Å². The Balaban J connectivity index is 1.19. The lowest BCUT2D eigenvalue weighted by atomic mass is 10.1. The van der Waals surface area contributed by atoms with E-state index in [4.69, 9.17) is 9.72 Å². The van der Waals surface area contributed by atoms with Gasteiger partial charge in [0.2, 0.25) is 5.88 Å². The summed E-state index contributed by atoms with van der Waals surface area (Å²) >= 11 is 2.90. The Bertz CT molecular complexity index is 1720. The van der Waals surface area contributed by atoms with Crippen molar-refractivity contribution >= 4 is 49.3 Å². The minimum atomic E-state index is -3.70. The summed E-state index contributed by atoms with van der Waals surface area (Å²) in [7, 11) is -3.70. The normalized spacial score (nSPS) is 16.9. The van der Waals surface area contributed by atoms with Crippen molar-refractivity contribution in [1.82, 2.24) is 24.8 Å². The van der Waals surface area contributed by atoms with E-state index in [0.29, 0.717) is 15.8 Å². The molecule has 4 aromatic heterocycles. The Kier molecular flexibility index (Phi) is 8.57. The largest absolute Gasteiger partial charge is 0.473 e. The van der Waals surface area contributed by atoms with Gasteiger partial charge < -0.3 is 9.72 Å². The number of aromatic amines is 1. The van der Waals surface area contributed by atoms with Crippen molar-refractivity contribution in [3.05, 3.63) is 71.4 Å². The number of sulfonamides is 1. The Hall–Kier alpha value is -3.32. The molecule has 1 aliphatic rings. The minimum absolute atomic E-state index is 0.135. The quantitative estimate of drug-likeness (QED) is 0.198. The third-order valence-corrected chi connectivity index (χ3v) is 11.7. The van der Waals surface area contributed by atoms with E-state index in [2.05, 4.69) is 25.9 Å². The minimum Gasteiger partial charge on any atom is -0.473 e. The van der Waals surface area contributed by atoms with Crippen molar-refractivity contribution in [2.75, 3.05) is 17.4 Å². The van der Waals surface area contributed by atoms with Gasteiger partial charge in [0, 0.05) is 48.0 Å². The van der Waals surface area contributed by atoms with Crippen molar-refractivity contribution in [3.63, 3.8) is 0 Å². The summed E-state index contributed by atoms with van der Waals surface area (Å²) in [5, 5.41) is 3.63. The van der Waals surface area contributed by atoms with Crippen molar-refractivity contribution in [1.29, 1.82) is 0 Å². The van der Waals surface area contributed by atoms with Crippen LogP contribution in [-0.2, 0) is 16.6 Å². The number of rotatable bonds is 9. The smallest absolute Gasteiger partial charge is 0.274 e. The average molecular weight is 623 g/mol. The molecule has 42 heavy (non-hydrogen) atoms. The van der Waals surface area contributed by atoms with Gasteiger partial charge >= 0.3 is 0 Å². The third kappa shape index (κ3) is 6.22. The van der Waals surface area contributed by atoms with Crippen LogP contribution in [0.25, 0.3) is 21.6 Å². The highest BCUT2D eigenvalue weighted by atomic mass is 32.2. The molecule has 220 valence electrons. The SMILES string of the molecule is CC(C)N(c1cccc2cc(-c3ncc(CN4CCCCC(Oc5cnccn5)CC4)s3)[nH]c12)S(=O)(=O)c1cccs1. The van der Waals surface area contributed by atoms with Crippen LogP contribution in [0.2, 0.25) is 0 Å². The number of fused-ring (bicyclic) bond motifs is 1. The lowest BCUT2D eigenvalue weighted by molar-refractivity contribution is 0.126. The Labute approximate surface area is 254 Å². The number of nitrogens with zero attached hydrogens (tertiary/aromatic N) is 5. The second-order valence-electron chi connectivity index (χ2n) is 10.7. The highest BCUT2D eigenvalue weighted by Crippen LogP contribution is 2.36. The van der Waals surface area contributed by atoms with Gasteiger partial charge in [0.15, 0.2) is 0 Å². The number of ether oxygens (including phenoxy) is 1. The molecule has 0 aliphatic carbocycles. The second-order valence-corrected chi connectivity index (χ2v) is 14.8. The number of H-pyrrole nitrogens is 1. The number of hydrogen-bond acceptors (Lipinski definition) is 9. The molecule has 1 aromatic carbocycles. The van der Waals surface area contributed by atoms with E-state index in [-0.39, 0.29) is 12.1 Å². The van der Waals surface area contributed by atoms with Crippen LogP contribution in [0.3, 0.4) is 0 Å². The van der Waals surface area contributed by atoms with Gasteiger partial charge in [-0.1, -0.05) is 18.2 Å². The zero-order chi connectivity index (χ0) is 29.1. The van der Waals surface area contributed by atoms with Gasteiger partial charge in [-0.3, -0.25) is 14.2 Å². The summed E-state index contributed by atoms with van der Waals surface area (Å²) in [6.07, 6.45) is 11.3. The molecule has 1 aliphatic heterocycles. The first-order chi connectivity index (χ1) is 20.4. The predicted molar refractivity (Wildman–Crippen MR) is 169 cm³/mol. The Morgan fingerprint density at radius 2 is 2.00 bits per heavy atom. The molecule has 0 saturated carbocycles. The number of thiophene rings is 1. The highest BCUT2D eigenvalue weighted by molar-refractivity contribution is 7.94. The van der Waals surface area contributed by atoms with E-state index in [1.54, 1.807) is 47.4 Å². The molecule has 0 spiro atoms. The van der Waals surface area contributed by atoms with E-state index in [0.717, 1.165) is 66.9 Å². The van der Waals surface area contributed by atoms with Gasteiger partial charge in [-0.2, -0.15) is 0 Å². The zero-order valence-corrected chi connectivity index (χ0v) is 26.1. The summed E-state index contributed by atoms with van der Waals surface area (Å²) in [5.41, 5.74) is 2.31. The molecule has 0 amide bonds. The van der Waals surface area contributed by atoms with Crippen LogP contribution in [0, 0.1) is 0 Å². The van der Waals surface area contributed by atoms with Gasteiger partial charge in [0.1, 0.15) is 15.3 Å². The average Bonchev–Trinajstić information content (AvgIpc) is 3.74. The molecule has 1 atom stereocenters. The van der Waals surface area contributed by atoms with Gasteiger partial charge in [-0.15, -0.1) is 22.7 Å². The monoisotopic (exact) mass is 622 g/mol. The number of nitrogens with one attached hydrogen (secondary N) is 1. The summed E-state index contributed by atoms with van der Waals surface area (Å²) in [5.74, 6) is 0.587. The fraction of sp³-hybridized carbons (Fsp3) is 0.367.